The zero-order chi connectivity index (χ0) is 10.3. The van der Waals surface area contributed by atoms with E-state index in [2.05, 4.69) is 10.3 Å². The van der Waals surface area contributed by atoms with Crippen molar-refractivity contribution in [1.82, 2.24) is 10.2 Å². The molecule has 0 radical (unpaired) electrons. The van der Waals surface area contributed by atoms with Gasteiger partial charge in [-0.05, 0) is 14.0 Å². The molecule has 0 saturated heterocycles. The predicted molar refractivity (Wildman–Crippen MR) is 53.5 cm³/mol. The number of aliphatic imine (C=N–C) groups is 1. The smallest absolute Gasteiger partial charge is 0.245 e. The van der Waals surface area contributed by atoms with Crippen LogP contribution in [0.4, 0.5) is 0 Å². The summed E-state index contributed by atoms with van der Waals surface area (Å²) < 4.78 is 0. The molecule has 0 aliphatic rings. The number of nitrogens with zero attached hydrogens (tertiary/aromatic N) is 2. The molecule has 0 spiro atoms. The van der Waals surface area contributed by atoms with Gasteiger partial charge in [-0.3, -0.25) is 4.79 Å². The average Bonchev–Trinajstić information content (AvgIpc) is 2.04. The van der Waals surface area contributed by atoms with Gasteiger partial charge in [-0.2, -0.15) is 4.99 Å². The molecule has 1 amide bonds. The van der Waals surface area contributed by atoms with E-state index in [0.717, 1.165) is 19.6 Å². The van der Waals surface area contributed by atoms with E-state index in [1.54, 1.807) is 0 Å². The lowest BCUT2D eigenvalue weighted by Gasteiger charge is -2.20. The van der Waals surface area contributed by atoms with Gasteiger partial charge in [0.2, 0.25) is 5.91 Å². The second-order valence-corrected chi connectivity index (χ2v) is 2.67. The van der Waals surface area contributed by atoms with Crippen molar-refractivity contribution in [3.8, 4) is 0 Å². The molecule has 0 aliphatic carbocycles. The molecule has 0 aliphatic heterocycles. The fourth-order valence-corrected chi connectivity index (χ4v) is 0.913. The highest BCUT2D eigenvalue weighted by Crippen LogP contribution is 1.87. The SMILES string of the molecule is CCN(CCNC)/C(N)=N/C(C)=O. The van der Waals surface area contributed by atoms with E-state index in [4.69, 9.17) is 5.73 Å². The number of rotatable bonds is 4. The van der Waals surface area contributed by atoms with Crippen LogP contribution in [0.5, 0.6) is 0 Å². The Bertz CT molecular complexity index is 191. The standard InChI is InChI=1S/C8H18N4O/c1-4-12(6-5-10-3)8(9)11-7(2)13/h10H,4-6H2,1-3H3,(H2,9,11,13). The summed E-state index contributed by atoms with van der Waals surface area (Å²) in [5.41, 5.74) is 5.60. The van der Waals surface area contributed by atoms with Crippen molar-refractivity contribution in [2.24, 2.45) is 10.7 Å². The van der Waals surface area contributed by atoms with E-state index in [0.29, 0.717) is 5.96 Å². The van der Waals surface area contributed by atoms with E-state index in [9.17, 15) is 4.79 Å². The molecule has 0 bridgehead atoms. The summed E-state index contributed by atoms with van der Waals surface area (Å²) in [5, 5.41) is 3.00. The first-order valence-electron chi connectivity index (χ1n) is 4.36. The fraction of sp³-hybridized carbons (Fsp3) is 0.750. The zero-order valence-electron chi connectivity index (χ0n) is 8.50. The second-order valence-electron chi connectivity index (χ2n) is 2.67. The first-order valence-corrected chi connectivity index (χ1v) is 4.36. The number of carbonyl (C=O) groups is 1. The number of guanidine groups is 1. The molecule has 0 rings (SSSR count). The topological polar surface area (TPSA) is 70.7 Å². The van der Waals surface area contributed by atoms with Crippen molar-refractivity contribution in [2.75, 3.05) is 26.7 Å². The Hall–Kier alpha value is -1.10. The molecule has 76 valence electrons. The van der Waals surface area contributed by atoms with Crippen molar-refractivity contribution in [3.05, 3.63) is 0 Å². The van der Waals surface area contributed by atoms with Crippen molar-refractivity contribution in [2.45, 2.75) is 13.8 Å². The zero-order valence-corrected chi connectivity index (χ0v) is 8.50. The van der Waals surface area contributed by atoms with Crippen LogP contribution >= 0.6 is 0 Å². The highest BCUT2D eigenvalue weighted by Gasteiger charge is 2.04. The number of nitrogens with two attached hydrogens (primary N) is 1. The van der Waals surface area contributed by atoms with Crippen molar-refractivity contribution < 1.29 is 4.79 Å². The molecule has 5 heteroatoms. The molecule has 0 heterocycles. The van der Waals surface area contributed by atoms with Crippen LogP contribution in [0.25, 0.3) is 0 Å². The summed E-state index contributed by atoms with van der Waals surface area (Å²) in [7, 11) is 1.87. The Balaban J connectivity index is 4.13. The molecule has 0 aromatic carbocycles. The molecule has 3 N–H and O–H groups in total. The van der Waals surface area contributed by atoms with Gasteiger partial charge in [0.1, 0.15) is 0 Å². The molecule has 0 unspecified atom stereocenters. The fourth-order valence-electron chi connectivity index (χ4n) is 0.913. The van der Waals surface area contributed by atoms with Crippen molar-refractivity contribution >= 4 is 11.9 Å². The number of likely N-dealkylation sites (N-methyl/N-ethyl adjacent to an activating group) is 2. The van der Waals surface area contributed by atoms with Gasteiger partial charge in [0.25, 0.3) is 0 Å². The van der Waals surface area contributed by atoms with Crippen LogP contribution < -0.4 is 11.1 Å². The Morgan fingerprint density at radius 3 is 2.62 bits per heavy atom. The molecule has 0 aromatic rings. The third kappa shape index (κ3) is 5.19. The minimum Gasteiger partial charge on any atom is -0.369 e. The Morgan fingerprint density at radius 1 is 1.62 bits per heavy atom. The number of nitrogens with one attached hydrogen (secondary N) is 1. The van der Waals surface area contributed by atoms with Crippen LogP contribution in [0.1, 0.15) is 13.8 Å². The molecule has 13 heavy (non-hydrogen) atoms. The van der Waals surface area contributed by atoms with Gasteiger partial charge in [0.05, 0.1) is 0 Å². The van der Waals surface area contributed by atoms with Crippen LogP contribution in [0.3, 0.4) is 0 Å². The lowest BCUT2D eigenvalue weighted by Crippen LogP contribution is -2.41. The maximum atomic E-state index is 10.6. The van der Waals surface area contributed by atoms with E-state index in [1.807, 2.05) is 18.9 Å². The molecule has 0 aromatic heterocycles. The van der Waals surface area contributed by atoms with Crippen molar-refractivity contribution in [1.29, 1.82) is 0 Å². The monoisotopic (exact) mass is 186 g/mol. The largest absolute Gasteiger partial charge is 0.369 e. The van der Waals surface area contributed by atoms with Crippen molar-refractivity contribution in [3.63, 3.8) is 0 Å². The predicted octanol–water partition coefficient (Wildman–Crippen LogP) is -0.611. The van der Waals surface area contributed by atoms with Gasteiger partial charge in [0, 0.05) is 26.6 Å². The quantitative estimate of drug-likeness (QED) is 0.454. The van der Waals surface area contributed by atoms with Gasteiger partial charge in [-0.1, -0.05) is 0 Å². The van der Waals surface area contributed by atoms with E-state index >= 15 is 0 Å². The van der Waals surface area contributed by atoms with Gasteiger partial charge < -0.3 is 16.0 Å². The van der Waals surface area contributed by atoms with Crippen LogP contribution in [-0.2, 0) is 4.79 Å². The third-order valence-electron chi connectivity index (χ3n) is 1.61. The molecular formula is C8H18N4O. The molecule has 5 nitrogen and oxygen atoms in total. The van der Waals surface area contributed by atoms with E-state index < -0.39 is 0 Å². The van der Waals surface area contributed by atoms with Gasteiger partial charge in [0.15, 0.2) is 5.96 Å². The highest BCUT2D eigenvalue weighted by atomic mass is 16.1. The average molecular weight is 186 g/mol. The third-order valence-corrected chi connectivity index (χ3v) is 1.61. The Labute approximate surface area is 79.0 Å². The normalized spacial score (nSPS) is 11.5. The molecular weight excluding hydrogens is 168 g/mol. The summed E-state index contributed by atoms with van der Waals surface area (Å²) in [4.78, 5) is 16.1. The Kier molecular flexibility index (Phi) is 5.88. The first kappa shape index (κ1) is 11.9. The highest BCUT2D eigenvalue weighted by molar-refractivity contribution is 5.91. The minimum atomic E-state index is -0.264. The summed E-state index contributed by atoms with van der Waals surface area (Å²) in [6, 6.07) is 0. The number of hydrogen-bond donors (Lipinski definition) is 2. The summed E-state index contributed by atoms with van der Waals surface area (Å²) in [5.74, 6) is 0.0330. The molecule has 0 saturated carbocycles. The van der Waals surface area contributed by atoms with Gasteiger partial charge in [-0.15, -0.1) is 0 Å². The van der Waals surface area contributed by atoms with E-state index in [1.165, 1.54) is 6.92 Å². The second kappa shape index (κ2) is 6.42. The summed E-state index contributed by atoms with van der Waals surface area (Å²) in [6.07, 6.45) is 0. The lowest BCUT2D eigenvalue weighted by atomic mass is 10.5. The Morgan fingerprint density at radius 2 is 2.23 bits per heavy atom. The number of hydrogen-bond acceptors (Lipinski definition) is 2. The summed E-state index contributed by atoms with van der Waals surface area (Å²) >= 11 is 0. The summed E-state index contributed by atoms with van der Waals surface area (Å²) in [6.45, 7) is 5.69. The van der Waals surface area contributed by atoms with Crippen LogP contribution in [0.15, 0.2) is 4.99 Å². The number of carbonyl (C=O) groups excluding carboxylic acids is 1. The van der Waals surface area contributed by atoms with Gasteiger partial charge >= 0.3 is 0 Å². The number of amides is 1. The van der Waals surface area contributed by atoms with Crippen LogP contribution in [0, 0.1) is 0 Å². The molecule has 0 atom stereocenters. The van der Waals surface area contributed by atoms with Crippen LogP contribution in [0.2, 0.25) is 0 Å². The maximum absolute atomic E-state index is 10.6. The van der Waals surface area contributed by atoms with E-state index in [-0.39, 0.29) is 5.91 Å². The maximum Gasteiger partial charge on any atom is 0.245 e. The van der Waals surface area contributed by atoms with Gasteiger partial charge in [-0.25, -0.2) is 0 Å². The lowest BCUT2D eigenvalue weighted by molar-refractivity contribution is -0.115. The minimum absolute atomic E-state index is 0.264. The first-order chi connectivity index (χ1) is 6.11. The van der Waals surface area contributed by atoms with Crippen LogP contribution in [-0.4, -0.2) is 43.4 Å². The molecule has 0 fully saturated rings.